The van der Waals surface area contributed by atoms with Gasteiger partial charge < -0.3 is 10.2 Å². The summed E-state index contributed by atoms with van der Waals surface area (Å²) in [7, 11) is -4.15. The fourth-order valence-electron chi connectivity index (χ4n) is 3.82. The molecule has 0 aliphatic carbocycles. The number of benzene rings is 3. The van der Waals surface area contributed by atoms with Crippen molar-refractivity contribution in [3.05, 3.63) is 94.2 Å². The lowest BCUT2D eigenvalue weighted by molar-refractivity contribution is -0.139. The molecule has 1 atom stereocenters. The van der Waals surface area contributed by atoms with Gasteiger partial charge in [-0.05, 0) is 67.8 Å². The zero-order chi connectivity index (χ0) is 28.7. The van der Waals surface area contributed by atoms with Gasteiger partial charge in [-0.15, -0.1) is 0 Å². The van der Waals surface area contributed by atoms with Gasteiger partial charge in [-0.3, -0.25) is 13.9 Å². The van der Waals surface area contributed by atoms with Gasteiger partial charge in [0.2, 0.25) is 11.8 Å². The second-order valence-corrected chi connectivity index (χ2v) is 12.5. The van der Waals surface area contributed by atoms with Crippen LogP contribution in [0.5, 0.6) is 0 Å². The zero-order valence-electron chi connectivity index (χ0n) is 22.4. The first kappa shape index (κ1) is 30.3. The Morgan fingerprint density at radius 3 is 2.21 bits per heavy atom. The second kappa shape index (κ2) is 13.2. The quantitative estimate of drug-likeness (QED) is 0.317. The third kappa shape index (κ3) is 8.12. The molecule has 3 aromatic rings. The van der Waals surface area contributed by atoms with E-state index in [0.29, 0.717) is 16.6 Å². The van der Waals surface area contributed by atoms with E-state index in [0.717, 1.165) is 9.87 Å². The van der Waals surface area contributed by atoms with Crippen molar-refractivity contribution in [2.75, 3.05) is 17.4 Å². The summed E-state index contributed by atoms with van der Waals surface area (Å²) in [5, 5.41) is 2.84. The first-order chi connectivity index (χ1) is 18.4. The van der Waals surface area contributed by atoms with Crippen molar-refractivity contribution in [3.63, 3.8) is 0 Å². The van der Waals surface area contributed by atoms with Crippen LogP contribution in [0.15, 0.2) is 82.2 Å². The van der Waals surface area contributed by atoms with Crippen molar-refractivity contribution in [3.8, 4) is 0 Å². The topological polar surface area (TPSA) is 86.8 Å². The van der Waals surface area contributed by atoms with Crippen LogP contribution in [-0.4, -0.2) is 44.3 Å². The largest absolute Gasteiger partial charge is 0.354 e. The number of hydrogen-bond donors (Lipinski definition) is 1. The van der Waals surface area contributed by atoms with E-state index < -0.39 is 34.3 Å². The summed E-state index contributed by atoms with van der Waals surface area (Å²) in [5.41, 5.74) is 1.78. The monoisotopic (exact) mass is 617 g/mol. The molecule has 208 valence electrons. The second-order valence-electron chi connectivity index (χ2n) is 9.77. The number of amides is 2. The van der Waals surface area contributed by atoms with E-state index in [9.17, 15) is 22.4 Å². The number of nitrogens with one attached hydrogen (secondary N) is 1. The number of nitrogens with zero attached hydrogens (tertiary/aromatic N) is 2. The molecule has 0 radical (unpaired) electrons. The molecule has 39 heavy (non-hydrogen) atoms. The Morgan fingerprint density at radius 2 is 1.62 bits per heavy atom. The molecule has 7 nitrogen and oxygen atoms in total. The van der Waals surface area contributed by atoms with E-state index in [4.69, 9.17) is 0 Å². The molecule has 0 aromatic heterocycles. The minimum Gasteiger partial charge on any atom is -0.354 e. The highest BCUT2D eigenvalue weighted by Crippen LogP contribution is 2.27. The summed E-state index contributed by atoms with van der Waals surface area (Å²) < 4.78 is 42.8. The third-order valence-electron chi connectivity index (χ3n) is 6.10. The van der Waals surface area contributed by atoms with Crippen LogP contribution in [0.1, 0.15) is 31.9 Å². The maximum Gasteiger partial charge on any atom is 0.264 e. The lowest BCUT2D eigenvalue weighted by atomic mass is 10.1. The number of carbonyl (C=O) groups is 2. The van der Waals surface area contributed by atoms with Crippen molar-refractivity contribution < 1.29 is 22.4 Å². The fourth-order valence-corrected chi connectivity index (χ4v) is 5.61. The smallest absolute Gasteiger partial charge is 0.264 e. The molecular formula is C29H33BrFN3O4S. The predicted molar refractivity (Wildman–Crippen MR) is 154 cm³/mol. The number of anilines is 1. The summed E-state index contributed by atoms with van der Waals surface area (Å²) in [4.78, 5) is 28.2. The fraction of sp³-hybridized carbons (Fsp3) is 0.310. The predicted octanol–water partition coefficient (Wildman–Crippen LogP) is 5.28. The average molecular weight is 619 g/mol. The maximum absolute atomic E-state index is 13.9. The van der Waals surface area contributed by atoms with E-state index >= 15 is 0 Å². The highest BCUT2D eigenvalue weighted by atomic mass is 79.9. The lowest BCUT2D eigenvalue weighted by Crippen LogP contribution is -2.51. The maximum atomic E-state index is 13.9. The summed E-state index contributed by atoms with van der Waals surface area (Å²) in [5.74, 6) is -1.17. The Bertz CT molecular complexity index is 1400. The molecule has 1 unspecified atom stereocenters. The molecule has 3 aromatic carbocycles. The van der Waals surface area contributed by atoms with Gasteiger partial charge in [0.05, 0.1) is 10.6 Å². The standard InChI is InChI=1S/C29H33BrFN3O4S/c1-20(2)17-32-29(36)22(4)33(18-23-10-12-25(31)13-11-23)28(35)19-34(26-7-5-6-24(30)16-26)39(37,38)27-14-8-21(3)9-15-27/h5-16,20,22H,17-19H2,1-4H3,(H,32,36). The van der Waals surface area contributed by atoms with Crippen molar-refractivity contribution in [2.24, 2.45) is 5.92 Å². The van der Waals surface area contributed by atoms with E-state index in [2.05, 4.69) is 21.2 Å². The third-order valence-corrected chi connectivity index (χ3v) is 8.38. The Kier molecular flexibility index (Phi) is 10.3. The highest BCUT2D eigenvalue weighted by Gasteiger charge is 2.32. The molecule has 0 bridgehead atoms. The lowest BCUT2D eigenvalue weighted by Gasteiger charge is -2.32. The Morgan fingerprint density at radius 1 is 0.974 bits per heavy atom. The van der Waals surface area contributed by atoms with E-state index in [-0.39, 0.29) is 29.0 Å². The van der Waals surface area contributed by atoms with Crippen LogP contribution in [0, 0.1) is 18.7 Å². The summed E-state index contributed by atoms with van der Waals surface area (Å²) >= 11 is 3.38. The Balaban J connectivity index is 2.01. The van der Waals surface area contributed by atoms with Gasteiger partial charge in [0, 0.05) is 17.6 Å². The molecule has 0 saturated carbocycles. The Labute approximate surface area is 238 Å². The van der Waals surface area contributed by atoms with Crippen molar-refractivity contribution in [1.29, 1.82) is 0 Å². The molecule has 10 heteroatoms. The Hall–Kier alpha value is -3.24. The molecular weight excluding hydrogens is 585 g/mol. The van der Waals surface area contributed by atoms with Crippen LogP contribution in [-0.2, 0) is 26.2 Å². The highest BCUT2D eigenvalue weighted by molar-refractivity contribution is 9.10. The summed E-state index contributed by atoms with van der Waals surface area (Å²) in [6.07, 6.45) is 0. The minimum absolute atomic E-state index is 0.00766. The molecule has 0 fully saturated rings. The zero-order valence-corrected chi connectivity index (χ0v) is 24.8. The molecule has 0 aliphatic rings. The number of carbonyl (C=O) groups excluding carboxylic acids is 2. The molecule has 3 rings (SSSR count). The number of halogens is 2. The molecule has 2 amide bonds. The van der Waals surface area contributed by atoms with Crippen molar-refractivity contribution >= 4 is 43.5 Å². The van der Waals surface area contributed by atoms with Crippen LogP contribution in [0.3, 0.4) is 0 Å². The normalized spacial score (nSPS) is 12.2. The SMILES string of the molecule is Cc1ccc(S(=O)(=O)N(CC(=O)N(Cc2ccc(F)cc2)C(C)C(=O)NCC(C)C)c2cccc(Br)c2)cc1. The van der Waals surface area contributed by atoms with Crippen LogP contribution < -0.4 is 9.62 Å². The van der Waals surface area contributed by atoms with Crippen molar-refractivity contribution in [1.82, 2.24) is 10.2 Å². The number of rotatable bonds is 11. The van der Waals surface area contributed by atoms with E-state index in [1.165, 1.54) is 41.3 Å². The molecule has 0 saturated heterocycles. The van der Waals surface area contributed by atoms with Crippen molar-refractivity contribution in [2.45, 2.75) is 45.2 Å². The summed E-state index contributed by atoms with van der Waals surface area (Å²) in [6.45, 7) is 7.23. The number of aryl methyl sites for hydroxylation is 1. The van der Waals surface area contributed by atoms with Crippen LogP contribution in [0.4, 0.5) is 10.1 Å². The molecule has 0 heterocycles. The van der Waals surface area contributed by atoms with Gasteiger partial charge in [-0.25, -0.2) is 12.8 Å². The van der Waals surface area contributed by atoms with E-state index in [1.54, 1.807) is 43.3 Å². The minimum atomic E-state index is -4.15. The molecule has 0 aliphatic heterocycles. The van der Waals surface area contributed by atoms with Gasteiger partial charge in [0.25, 0.3) is 10.0 Å². The van der Waals surface area contributed by atoms with Crippen LogP contribution in [0.2, 0.25) is 0 Å². The number of hydrogen-bond acceptors (Lipinski definition) is 4. The van der Waals surface area contributed by atoms with Crippen LogP contribution >= 0.6 is 15.9 Å². The average Bonchev–Trinajstić information content (AvgIpc) is 2.89. The van der Waals surface area contributed by atoms with E-state index in [1.807, 2.05) is 20.8 Å². The molecule has 0 spiro atoms. The first-order valence-electron chi connectivity index (χ1n) is 12.5. The van der Waals surface area contributed by atoms with Crippen LogP contribution in [0.25, 0.3) is 0 Å². The summed E-state index contributed by atoms with van der Waals surface area (Å²) in [6, 6.07) is 17.7. The van der Waals surface area contributed by atoms with Gasteiger partial charge in [0.1, 0.15) is 18.4 Å². The number of sulfonamides is 1. The van der Waals surface area contributed by atoms with Gasteiger partial charge in [-0.1, -0.05) is 65.7 Å². The van der Waals surface area contributed by atoms with Gasteiger partial charge >= 0.3 is 0 Å². The van der Waals surface area contributed by atoms with Gasteiger partial charge in [-0.2, -0.15) is 0 Å². The molecule has 1 N–H and O–H groups in total. The first-order valence-corrected chi connectivity index (χ1v) is 14.8. The van der Waals surface area contributed by atoms with Gasteiger partial charge in [0.15, 0.2) is 0 Å².